The van der Waals surface area contributed by atoms with E-state index >= 15 is 4.39 Å². The van der Waals surface area contributed by atoms with Crippen LogP contribution in [-0.2, 0) is 18.3 Å². The zero-order valence-corrected chi connectivity index (χ0v) is 22.4. The van der Waals surface area contributed by atoms with Gasteiger partial charge >= 0.3 is 0 Å². The zero-order chi connectivity index (χ0) is 27.8. The quantitative estimate of drug-likeness (QED) is 0.274. The average Bonchev–Trinajstić information content (AvgIpc) is 3.51. The van der Waals surface area contributed by atoms with Gasteiger partial charge in [0.15, 0.2) is 17.1 Å². The van der Waals surface area contributed by atoms with E-state index in [2.05, 4.69) is 25.4 Å². The molecule has 0 saturated heterocycles. The Kier molecular flexibility index (Phi) is 6.98. The van der Waals surface area contributed by atoms with Gasteiger partial charge in [-0.2, -0.15) is 9.49 Å². The summed E-state index contributed by atoms with van der Waals surface area (Å²) in [5.74, 6) is -0.446. The number of nitrogens with two attached hydrogens (primary N) is 1. The predicted octanol–water partition coefficient (Wildman–Crippen LogP) is 4.42. The van der Waals surface area contributed by atoms with E-state index in [-0.39, 0.29) is 39.4 Å². The Morgan fingerprint density at radius 1 is 1.10 bits per heavy atom. The molecule has 1 amide bonds. The summed E-state index contributed by atoms with van der Waals surface area (Å²) in [4.78, 5) is 25.6. The Morgan fingerprint density at radius 2 is 1.85 bits per heavy atom. The van der Waals surface area contributed by atoms with Gasteiger partial charge in [0.1, 0.15) is 22.4 Å². The minimum absolute atomic E-state index is 0.0221. The molecule has 0 aliphatic carbocycles. The molecule has 0 unspecified atom stereocenters. The van der Waals surface area contributed by atoms with Gasteiger partial charge in [-0.05, 0) is 18.2 Å². The highest BCUT2D eigenvalue weighted by Crippen LogP contribution is 2.40. The van der Waals surface area contributed by atoms with Crippen molar-refractivity contribution in [1.29, 1.82) is 0 Å². The van der Waals surface area contributed by atoms with Crippen molar-refractivity contribution >= 4 is 46.3 Å². The van der Waals surface area contributed by atoms with Crippen LogP contribution in [0.2, 0.25) is 10.2 Å². The molecule has 0 fully saturated rings. The van der Waals surface area contributed by atoms with Gasteiger partial charge in [0, 0.05) is 36.6 Å². The number of imidazole rings is 1. The van der Waals surface area contributed by atoms with Gasteiger partial charge in [-0.15, -0.1) is 0 Å². The molecule has 0 aliphatic heterocycles. The van der Waals surface area contributed by atoms with Gasteiger partial charge in [0.2, 0.25) is 11.9 Å². The lowest BCUT2D eigenvalue weighted by atomic mass is 10.1. The van der Waals surface area contributed by atoms with Crippen LogP contribution >= 0.6 is 23.2 Å². The molecule has 0 bridgehead atoms. The van der Waals surface area contributed by atoms with Crippen molar-refractivity contribution in [2.45, 2.75) is 6.42 Å². The molecule has 0 aliphatic rings. The van der Waals surface area contributed by atoms with Gasteiger partial charge in [0.05, 0.1) is 43.2 Å². The first-order chi connectivity index (χ1) is 18.7. The van der Waals surface area contributed by atoms with Gasteiger partial charge in [-0.25, -0.2) is 15.0 Å². The number of carbonyl (C=O) groups is 1. The van der Waals surface area contributed by atoms with Crippen LogP contribution < -0.4 is 20.5 Å². The van der Waals surface area contributed by atoms with Crippen molar-refractivity contribution in [3.63, 3.8) is 0 Å². The van der Waals surface area contributed by atoms with Crippen molar-refractivity contribution < 1.29 is 18.7 Å². The van der Waals surface area contributed by atoms with E-state index < -0.39 is 11.9 Å². The number of methoxy groups -OCH3 is 2. The fourth-order valence-electron chi connectivity index (χ4n) is 4.08. The summed E-state index contributed by atoms with van der Waals surface area (Å²) in [6.45, 7) is 0. The normalized spacial score (nSPS) is 11.1. The Balaban J connectivity index is 1.63. The molecule has 39 heavy (non-hydrogen) atoms. The molecule has 0 saturated carbocycles. The van der Waals surface area contributed by atoms with E-state index in [1.807, 2.05) is 0 Å². The highest BCUT2D eigenvalue weighted by molar-refractivity contribution is 6.33. The number of hydrogen-bond donors (Lipinski definition) is 2. The number of benzene rings is 1. The third kappa shape index (κ3) is 5.03. The van der Waals surface area contributed by atoms with Gasteiger partial charge in [-0.3, -0.25) is 13.9 Å². The second-order valence-corrected chi connectivity index (χ2v) is 9.20. The number of hydrogen-bond acceptors (Lipinski definition) is 8. The largest absolute Gasteiger partial charge is 0.493 e. The van der Waals surface area contributed by atoms with Crippen LogP contribution in [0.3, 0.4) is 0 Å². The van der Waals surface area contributed by atoms with E-state index in [1.54, 1.807) is 42.5 Å². The fourth-order valence-corrected chi connectivity index (χ4v) is 4.48. The average molecular weight is 571 g/mol. The number of halogens is 3. The predicted molar refractivity (Wildman–Crippen MR) is 145 cm³/mol. The summed E-state index contributed by atoms with van der Waals surface area (Å²) >= 11 is 12.4. The number of nitrogens with one attached hydrogen (secondary N) is 1. The highest BCUT2D eigenvalue weighted by atomic mass is 35.5. The lowest BCUT2D eigenvalue weighted by molar-refractivity contribution is -0.115. The molecule has 14 heteroatoms. The molecular formula is C25H21Cl2FN8O3. The van der Waals surface area contributed by atoms with E-state index in [0.717, 1.165) is 0 Å². The first-order valence-electron chi connectivity index (χ1n) is 11.4. The number of anilines is 2. The molecule has 0 radical (unpaired) electrons. The SMILES string of the molecule is COc1cc(Cl)c(-c2c(F)nc(-c3cnn(C)c3)c3nc(CC(=O)Nc4ccc(Cl)nc4N)cn23)cc1OC. The number of aryl methyl sites for hydroxylation is 1. The molecule has 0 spiro atoms. The van der Waals surface area contributed by atoms with Gasteiger partial charge in [-0.1, -0.05) is 23.2 Å². The van der Waals surface area contributed by atoms with Crippen molar-refractivity contribution in [2.24, 2.45) is 7.05 Å². The molecule has 11 nitrogen and oxygen atoms in total. The lowest BCUT2D eigenvalue weighted by Crippen LogP contribution is -2.16. The van der Waals surface area contributed by atoms with E-state index in [4.69, 9.17) is 38.4 Å². The number of ether oxygens (including phenoxy) is 2. The highest BCUT2D eigenvalue weighted by Gasteiger charge is 2.24. The number of pyridine rings is 1. The molecular weight excluding hydrogens is 550 g/mol. The van der Waals surface area contributed by atoms with Crippen molar-refractivity contribution in [3.05, 3.63) is 64.7 Å². The van der Waals surface area contributed by atoms with E-state index in [0.29, 0.717) is 34.1 Å². The topological polar surface area (TPSA) is 134 Å². The maximum Gasteiger partial charge on any atom is 0.238 e. The molecule has 5 rings (SSSR count). The number of amides is 1. The summed E-state index contributed by atoms with van der Waals surface area (Å²) < 4.78 is 29.5. The maximum absolute atomic E-state index is 15.8. The molecule has 5 aromatic rings. The summed E-state index contributed by atoms with van der Waals surface area (Å²) in [5.41, 5.74) is 7.86. The van der Waals surface area contributed by atoms with Crippen LogP contribution in [0.1, 0.15) is 5.69 Å². The van der Waals surface area contributed by atoms with Crippen molar-refractivity contribution in [1.82, 2.24) is 29.1 Å². The molecule has 0 atom stereocenters. The summed E-state index contributed by atoms with van der Waals surface area (Å²) in [5, 5.41) is 7.24. The van der Waals surface area contributed by atoms with E-state index in [1.165, 1.54) is 30.8 Å². The standard InChI is InChI=1S/C25H21Cl2FN8O3/c1-35-10-12(9-30-35)21-25-31-13(6-20(37)32-16-4-5-19(27)33-24(16)29)11-36(25)22(23(28)34-21)14-7-17(38-2)18(39-3)8-15(14)26/h4-5,7-11H,6H2,1-3H3,(H2,29,33)(H,32,37). The first-order valence-corrected chi connectivity index (χ1v) is 12.1. The molecule has 1 aromatic carbocycles. The number of aromatic nitrogens is 6. The monoisotopic (exact) mass is 570 g/mol. The second-order valence-electron chi connectivity index (χ2n) is 8.41. The minimum Gasteiger partial charge on any atom is -0.493 e. The Hall–Kier alpha value is -4.42. The Labute approximate surface area is 231 Å². The molecule has 3 N–H and O–H groups in total. The van der Waals surface area contributed by atoms with Crippen LogP contribution in [-0.4, -0.2) is 49.3 Å². The third-order valence-electron chi connectivity index (χ3n) is 5.83. The minimum atomic E-state index is -0.816. The number of nitrogen functional groups attached to an aromatic ring is 1. The van der Waals surface area contributed by atoms with Crippen LogP contribution in [0.15, 0.2) is 42.9 Å². The smallest absolute Gasteiger partial charge is 0.238 e. The third-order valence-corrected chi connectivity index (χ3v) is 6.35. The molecule has 200 valence electrons. The fraction of sp³-hybridized carbons (Fsp3) is 0.160. The van der Waals surface area contributed by atoms with Crippen LogP contribution in [0.5, 0.6) is 11.5 Å². The number of carbonyl (C=O) groups excluding carboxylic acids is 1. The first kappa shape index (κ1) is 26.2. The summed E-state index contributed by atoms with van der Waals surface area (Å²) in [7, 11) is 4.66. The van der Waals surface area contributed by atoms with Crippen LogP contribution in [0.4, 0.5) is 15.9 Å². The van der Waals surface area contributed by atoms with Crippen molar-refractivity contribution in [2.75, 3.05) is 25.3 Å². The second kappa shape index (κ2) is 10.4. The zero-order valence-electron chi connectivity index (χ0n) is 20.9. The maximum atomic E-state index is 15.8. The van der Waals surface area contributed by atoms with Crippen LogP contribution in [0.25, 0.3) is 28.2 Å². The lowest BCUT2D eigenvalue weighted by Gasteiger charge is -2.14. The number of nitrogens with zero attached hydrogens (tertiary/aromatic N) is 6. The van der Waals surface area contributed by atoms with Gasteiger partial charge < -0.3 is 20.5 Å². The summed E-state index contributed by atoms with van der Waals surface area (Å²) in [6.07, 6.45) is 4.62. The molecule has 4 heterocycles. The Morgan fingerprint density at radius 3 is 2.51 bits per heavy atom. The van der Waals surface area contributed by atoms with Crippen LogP contribution in [0, 0.1) is 5.95 Å². The summed E-state index contributed by atoms with van der Waals surface area (Å²) in [6, 6.07) is 6.12. The van der Waals surface area contributed by atoms with Gasteiger partial charge in [0.25, 0.3) is 0 Å². The molecule has 4 aromatic heterocycles. The Bertz CT molecular complexity index is 1740. The number of rotatable bonds is 7. The number of fused-ring (bicyclic) bond motifs is 1. The van der Waals surface area contributed by atoms with E-state index in [9.17, 15) is 4.79 Å². The van der Waals surface area contributed by atoms with Crippen molar-refractivity contribution in [3.8, 4) is 34.0 Å².